The minimum Gasteiger partial charge on any atom is -0.371 e. The second kappa shape index (κ2) is 7.79. The van der Waals surface area contributed by atoms with Crippen LogP contribution in [0.25, 0.3) is 0 Å². The number of hydrogen-bond donors (Lipinski definition) is 1. The maximum atomic E-state index is 14.7. The van der Waals surface area contributed by atoms with Crippen molar-refractivity contribution < 1.29 is 4.39 Å². The van der Waals surface area contributed by atoms with Crippen molar-refractivity contribution in [3.05, 3.63) is 41.2 Å². The van der Waals surface area contributed by atoms with Gasteiger partial charge in [-0.3, -0.25) is 4.90 Å². The van der Waals surface area contributed by atoms with Crippen molar-refractivity contribution in [2.45, 2.75) is 51.2 Å². The molecule has 28 heavy (non-hydrogen) atoms. The predicted molar refractivity (Wildman–Crippen MR) is 107 cm³/mol. The first-order valence-corrected chi connectivity index (χ1v) is 10.7. The van der Waals surface area contributed by atoms with Gasteiger partial charge in [-0.1, -0.05) is 6.07 Å². The van der Waals surface area contributed by atoms with E-state index in [9.17, 15) is 4.39 Å². The number of likely N-dealkylation sites (tertiary alicyclic amines) is 1. The van der Waals surface area contributed by atoms with E-state index in [4.69, 9.17) is 0 Å². The molecule has 0 atom stereocenters. The topological polar surface area (TPSA) is 49.2 Å². The van der Waals surface area contributed by atoms with E-state index in [-0.39, 0.29) is 5.82 Å². The summed E-state index contributed by atoms with van der Waals surface area (Å²) in [7, 11) is 0. The molecular formula is C21H29FN6. The highest BCUT2D eigenvalue weighted by atomic mass is 19.1. The molecule has 3 aliphatic rings. The Morgan fingerprint density at radius 1 is 1.04 bits per heavy atom. The smallest absolute Gasteiger partial charge is 0.147 e. The summed E-state index contributed by atoms with van der Waals surface area (Å²) in [5.74, 6) is 2.62. The SMILES string of the molecule is Fc1cccc(N2CCCC2)c1CN1CCC(c2nnc3n2CCNC3)CC1. The van der Waals surface area contributed by atoms with Gasteiger partial charge in [-0.15, -0.1) is 10.2 Å². The van der Waals surface area contributed by atoms with Crippen LogP contribution in [-0.2, 0) is 19.6 Å². The fourth-order valence-corrected chi connectivity index (χ4v) is 4.95. The number of rotatable bonds is 4. The Hall–Kier alpha value is -1.99. The summed E-state index contributed by atoms with van der Waals surface area (Å²) in [4.78, 5) is 4.76. The predicted octanol–water partition coefficient (Wildman–Crippen LogP) is 2.50. The van der Waals surface area contributed by atoms with Crippen molar-refractivity contribution in [1.29, 1.82) is 0 Å². The zero-order valence-electron chi connectivity index (χ0n) is 16.4. The van der Waals surface area contributed by atoms with Gasteiger partial charge in [0, 0.05) is 49.9 Å². The molecule has 5 rings (SSSR count). The summed E-state index contributed by atoms with van der Waals surface area (Å²) in [5.41, 5.74) is 1.97. The number of halogens is 1. The third kappa shape index (κ3) is 3.42. The molecule has 2 saturated heterocycles. The van der Waals surface area contributed by atoms with Gasteiger partial charge < -0.3 is 14.8 Å². The van der Waals surface area contributed by atoms with Gasteiger partial charge in [-0.25, -0.2) is 4.39 Å². The molecule has 3 aliphatic heterocycles. The molecule has 0 bridgehead atoms. The molecule has 6 nitrogen and oxygen atoms in total. The average molecular weight is 385 g/mol. The molecule has 0 amide bonds. The quantitative estimate of drug-likeness (QED) is 0.878. The summed E-state index contributed by atoms with van der Waals surface area (Å²) < 4.78 is 17.0. The molecule has 4 heterocycles. The fraction of sp³-hybridized carbons (Fsp3) is 0.619. The van der Waals surface area contributed by atoms with Crippen molar-refractivity contribution in [2.24, 2.45) is 0 Å². The van der Waals surface area contributed by atoms with Crippen LogP contribution in [0, 0.1) is 5.82 Å². The van der Waals surface area contributed by atoms with E-state index in [0.29, 0.717) is 12.5 Å². The van der Waals surface area contributed by atoms with E-state index in [1.807, 2.05) is 6.07 Å². The van der Waals surface area contributed by atoms with E-state index in [1.54, 1.807) is 6.07 Å². The number of fused-ring (bicyclic) bond motifs is 1. The van der Waals surface area contributed by atoms with Crippen molar-refractivity contribution in [1.82, 2.24) is 25.0 Å². The molecule has 0 unspecified atom stereocenters. The van der Waals surface area contributed by atoms with Gasteiger partial charge in [0.05, 0.1) is 6.54 Å². The highest BCUT2D eigenvalue weighted by molar-refractivity contribution is 5.54. The van der Waals surface area contributed by atoms with Gasteiger partial charge in [0.15, 0.2) is 0 Å². The Balaban J connectivity index is 1.26. The van der Waals surface area contributed by atoms with E-state index >= 15 is 0 Å². The summed E-state index contributed by atoms with van der Waals surface area (Å²) in [5, 5.41) is 12.2. The molecule has 0 saturated carbocycles. The van der Waals surface area contributed by atoms with Crippen LogP contribution in [0.15, 0.2) is 18.2 Å². The van der Waals surface area contributed by atoms with E-state index in [2.05, 4.69) is 35.9 Å². The number of aromatic nitrogens is 3. The van der Waals surface area contributed by atoms with Gasteiger partial charge >= 0.3 is 0 Å². The lowest BCUT2D eigenvalue weighted by Gasteiger charge is -2.33. The normalized spacial score (nSPS) is 21.2. The first-order chi connectivity index (χ1) is 13.8. The Morgan fingerprint density at radius 3 is 2.68 bits per heavy atom. The molecule has 1 N–H and O–H groups in total. The lowest BCUT2D eigenvalue weighted by atomic mass is 9.95. The lowest BCUT2D eigenvalue weighted by molar-refractivity contribution is 0.197. The van der Waals surface area contributed by atoms with Crippen LogP contribution >= 0.6 is 0 Å². The standard InChI is InChI=1S/C21H29FN6/c22-18-4-3-5-19(27-9-1-2-10-27)17(18)15-26-11-6-16(7-12-26)21-25-24-20-14-23-8-13-28(20)21/h3-5,16,23H,1-2,6-15H2. The molecule has 7 heteroatoms. The molecular weight excluding hydrogens is 355 g/mol. The lowest BCUT2D eigenvalue weighted by Crippen LogP contribution is -2.35. The van der Waals surface area contributed by atoms with Crippen LogP contribution in [0.1, 0.15) is 48.8 Å². The average Bonchev–Trinajstić information content (AvgIpc) is 3.40. The van der Waals surface area contributed by atoms with Gasteiger partial charge in [-0.2, -0.15) is 0 Å². The highest BCUT2D eigenvalue weighted by Gasteiger charge is 2.28. The largest absolute Gasteiger partial charge is 0.371 e. The summed E-state index contributed by atoms with van der Waals surface area (Å²) in [6.07, 6.45) is 4.55. The number of nitrogens with one attached hydrogen (secondary N) is 1. The Labute approximate surface area is 165 Å². The third-order valence-electron chi connectivity index (χ3n) is 6.53. The number of anilines is 1. The van der Waals surface area contributed by atoms with E-state index in [0.717, 1.165) is 81.6 Å². The Morgan fingerprint density at radius 2 is 1.86 bits per heavy atom. The number of benzene rings is 1. The van der Waals surface area contributed by atoms with Crippen LogP contribution in [-0.4, -0.2) is 52.4 Å². The number of hydrogen-bond acceptors (Lipinski definition) is 5. The minimum atomic E-state index is -0.0643. The molecule has 0 spiro atoms. The Bertz CT molecular complexity index is 820. The monoisotopic (exact) mass is 384 g/mol. The molecule has 0 aliphatic carbocycles. The summed E-state index contributed by atoms with van der Waals surface area (Å²) in [6, 6.07) is 5.55. The van der Waals surface area contributed by atoms with Crippen LogP contribution in [0.4, 0.5) is 10.1 Å². The summed E-state index contributed by atoms with van der Waals surface area (Å²) in [6.45, 7) is 7.54. The van der Waals surface area contributed by atoms with Gasteiger partial charge in [-0.05, 0) is 50.9 Å². The highest BCUT2D eigenvalue weighted by Crippen LogP contribution is 2.32. The Kier molecular flexibility index (Phi) is 5.03. The van der Waals surface area contributed by atoms with E-state index < -0.39 is 0 Å². The zero-order valence-corrected chi connectivity index (χ0v) is 16.4. The summed E-state index contributed by atoms with van der Waals surface area (Å²) >= 11 is 0. The number of nitrogens with zero attached hydrogens (tertiary/aromatic N) is 5. The first-order valence-electron chi connectivity index (χ1n) is 10.7. The van der Waals surface area contributed by atoms with Gasteiger partial charge in [0.1, 0.15) is 17.5 Å². The van der Waals surface area contributed by atoms with Crippen molar-refractivity contribution in [3.63, 3.8) is 0 Å². The third-order valence-corrected chi connectivity index (χ3v) is 6.53. The van der Waals surface area contributed by atoms with Gasteiger partial charge in [0.25, 0.3) is 0 Å². The zero-order chi connectivity index (χ0) is 18.9. The second-order valence-electron chi connectivity index (χ2n) is 8.28. The van der Waals surface area contributed by atoms with Crippen molar-refractivity contribution in [3.8, 4) is 0 Å². The molecule has 1 aromatic carbocycles. The van der Waals surface area contributed by atoms with Crippen molar-refractivity contribution in [2.75, 3.05) is 37.6 Å². The van der Waals surface area contributed by atoms with Gasteiger partial charge in [0.2, 0.25) is 0 Å². The molecule has 2 aromatic rings. The van der Waals surface area contributed by atoms with Crippen LogP contribution in [0.2, 0.25) is 0 Å². The molecule has 2 fully saturated rings. The second-order valence-corrected chi connectivity index (χ2v) is 8.28. The van der Waals surface area contributed by atoms with Crippen molar-refractivity contribution >= 4 is 5.69 Å². The molecule has 150 valence electrons. The fourth-order valence-electron chi connectivity index (χ4n) is 4.95. The molecule has 1 aromatic heterocycles. The van der Waals surface area contributed by atoms with Crippen LogP contribution < -0.4 is 10.2 Å². The van der Waals surface area contributed by atoms with E-state index in [1.165, 1.54) is 12.8 Å². The minimum absolute atomic E-state index is 0.0643. The maximum absolute atomic E-state index is 14.7. The molecule has 0 radical (unpaired) electrons. The maximum Gasteiger partial charge on any atom is 0.147 e. The first kappa shape index (κ1) is 18.1. The number of piperidine rings is 1. The van der Waals surface area contributed by atoms with Crippen LogP contribution in [0.5, 0.6) is 0 Å². The van der Waals surface area contributed by atoms with Crippen LogP contribution in [0.3, 0.4) is 0 Å².